The summed E-state index contributed by atoms with van der Waals surface area (Å²) in [5.41, 5.74) is 6.26. The predicted octanol–water partition coefficient (Wildman–Crippen LogP) is 0.706. The zero-order chi connectivity index (χ0) is 13.5. The molecule has 102 valence electrons. The van der Waals surface area contributed by atoms with E-state index < -0.39 is 0 Å². The second-order valence-electron chi connectivity index (χ2n) is 4.57. The van der Waals surface area contributed by atoms with E-state index in [2.05, 4.69) is 23.8 Å². The molecule has 1 heterocycles. The number of hydrogen-bond acceptors (Lipinski definition) is 4. The first-order chi connectivity index (χ1) is 9.29. The number of morpholine rings is 1. The minimum absolute atomic E-state index is 0.120. The minimum atomic E-state index is 0.120. The number of benzene rings is 1. The third kappa shape index (κ3) is 4.25. The number of nitrogens with zero attached hydrogens (tertiary/aromatic N) is 1. The number of ether oxygens (including phenoxy) is 2. The smallest absolute Gasteiger partial charge is 0.135 e. The average Bonchev–Trinajstić information content (AvgIpc) is 2.44. The van der Waals surface area contributed by atoms with Crippen molar-refractivity contribution < 1.29 is 9.47 Å². The van der Waals surface area contributed by atoms with Crippen LogP contribution in [0.15, 0.2) is 24.3 Å². The maximum absolute atomic E-state index is 5.83. The van der Waals surface area contributed by atoms with E-state index in [1.54, 1.807) is 0 Å². The summed E-state index contributed by atoms with van der Waals surface area (Å²) in [5.74, 6) is 6.66. The Morgan fingerprint density at radius 2 is 2.32 bits per heavy atom. The van der Waals surface area contributed by atoms with Crippen molar-refractivity contribution in [2.45, 2.75) is 6.10 Å². The van der Waals surface area contributed by atoms with Gasteiger partial charge in [-0.3, -0.25) is 0 Å². The Morgan fingerprint density at radius 1 is 1.47 bits per heavy atom. The summed E-state index contributed by atoms with van der Waals surface area (Å²) in [5, 5.41) is 0. The van der Waals surface area contributed by atoms with Crippen LogP contribution in [0.4, 0.5) is 0 Å². The van der Waals surface area contributed by atoms with Gasteiger partial charge >= 0.3 is 0 Å². The average molecular weight is 260 g/mol. The summed E-state index contributed by atoms with van der Waals surface area (Å²) in [4.78, 5) is 2.25. The van der Waals surface area contributed by atoms with Crippen molar-refractivity contribution >= 4 is 0 Å². The van der Waals surface area contributed by atoms with E-state index in [0.717, 1.165) is 31.0 Å². The molecule has 4 nitrogen and oxygen atoms in total. The third-order valence-electron chi connectivity index (χ3n) is 2.98. The number of para-hydroxylation sites is 1. The molecule has 4 heteroatoms. The fraction of sp³-hybridized carbons (Fsp3) is 0.467. The van der Waals surface area contributed by atoms with Gasteiger partial charge in [-0.1, -0.05) is 24.0 Å². The zero-order valence-corrected chi connectivity index (χ0v) is 11.3. The quantitative estimate of drug-likeness (QED) is 0.813. The van der Waals surface area contributed by atoms with E-state index in [1.807, 2.05) is 24.3 Å². The number of rotatable bonds is 3. The van der Waals surface area contributed by atoms with Crippen molar-refractivity contribution in [3.8, 4) is 17.6 Å². The Balaban J connectivity index is 1.95. The lowest BCUT2D eigenvalue weighted by Crippen LogP contribution is -2.42. The molecular formula is C15H20N2O2. The lowest BCUT2D eigenvalue weighted by atomic mass is 10.2. The number of likely N-dealkylation sites (N-methyl/N-ethyl adjacent to an activating group) is 1. The second-order valence-corrected chi connectivity index (χ2v) is 4.57. The van der Waals surface area contributed by atoms with Crippen LogP contribution in [0.25, 0.3) is 0 Å². The first-order valence-corrected chi connectivity index (χ1v) is 6.50. The molecule has 1 aromatic rings. The molecule has 1 unspecified atom stereocenters. The largest absolute Gasteiger partial charge is 0.490 e. The van der Waals surface area contributed by atoms with Crippen LogP contribution in [0.2, 0.25) is 0 Å². The number of hydrogen-bond donors (Lipinski definition) is 1. The third-order valence-corrected chi connectivity index (χ3v) is 2.98. The summed E-state index contributed by atoms with van der Waals surface area (Å²) < 4.78 is 11.5. The van der Waals surface area contributed by atoms with Gasteiger partial charge < -0.3 is 20.1 Å². The molecule has 0 bridgehead atoms. The topological polar surface area (TPSA) is 47.7 Å². The summed E-state index contributed by atoms with van der Waals surface area (Å²) in [7, 11) is 2.09. The van der Waals surface area contributed by atoms with Crippen LogP contribution in [0.5, 0.6) is 5.75 Å². The summed E-state index contributed by atoms with van der Waals surface area (Å²) in [6.45, 7) is 3.54. The van der Waals surface area contributed by atoms with Gasteiger partial charge in [0, 0.05) is 13.1 Å². The Hall–Kier alpha value is -1.54. The van der Waals surface area contributed by atoms with Crippen LogP contribution in [0, 0.1) is 11.8 Å². The lowest BCUT2D eigenvalue weighted by molar-refractivity contribution is -0.0403. The van der Waals surface area contributed by atoms with E-state index in [9.17, 15) is 0 Å². The van der Waals surface area contributed by atoms with E-state index >= 15 is 0 Å². The van der Waals surface area contributed by atoms with Gasteiger partial charge in [-0.15, -0.1) is 0 Å². The SMILES string of the molecule is CN1CCOC(COc2ccccc2C#CCN)C1. The predicted molar refractivity (Wildman–Crippen MR) is 75.1 cm³/mol. The maximum atomic E-state index is 5.83. The van der Waals surface area contributed by atoms with E-state index in [1.165, 1.54) is 0 Å². The van der Waals surface area contributed by atoms with Crippen molar-refractivity contribution in [1.82, 2.24) is 4.90 Å². The fourth-order valence-electron chi connectivity index (χ4n) is 1.99. The molecule has 2 rings (SSSR count). The first kappa shape index (κ1) is 13.9. The Morgan fingerprint density at radius 3 is 3.11 bits per heavy atom. The van der Waals surface area contributed by atoms with Gasteiger partial charge in [0.25, 0.3) is 0 Å². The van der Waals surface area contributed by atoms with Crippen molar-refractivity contribution in [3.63, 3.8) is 0 Å². The minimum Gasteiger partial charge on any atom is -0.490 e. The molecule has 1 atom stereocenters. The lowest BCUT2D eigenvalue weighted by Gasteiger charge is -2.29. The van der Waals surface area contributed by atoms with Gasteiger partial charge in [-0.25, -0.2) is 0 Å². The summed E-state index contributed by atoms with van der Waals surface area (Å²) in [6.07, 6.45) is 0.120. The second kappa shape index (κ2) is 7.15. The molecule has 0 spiro atoms. The van der Waals surface area contributed by atoms with Crippen LogP contribution >= 0.6 is 0 Å². The van der Waals surface area contributed by atoms with E-state index in [-0.39, 0.29) is 6.10 Å². The van der Waals surface area contributed by atoms with Crippen molar-refractivity contribution in [1.29, 1.82) is 0 Å². The van der Waals surface area contributed by atoms with Crippen molar-refractivity contribution in [2.24, 2.45) is 5.73 Å². The molecule has 2 N–H and O–H groups in total. The molecule has 1 fully saturated rings. The van der Waals surface area contributed by atoms with Crippen LogP contribution in [0.1, 0.15) is 5.56 Å². The molecule has 0 aliphatic carbocycles. The van der Waals surface area contributed by atoms with Crippen molar-refractivity contribution in [2.75, 3.05) is 39.9 Å². The highest BCUT2D eigenvalue weighted by molar-refractivity contribution is 5.45. The highest BCUT2D eigenvalue weighted by Gasteiger charge is 2.18. The fourth-order valence-corrected chi connectivity index (χ4v) is 1.99. The first-order valence-electron chi connectivity index (χ1n) is 6.50. The molecule has 0 radical (unpaired) electrons. The van der Waals surface area contributed by atoms with Gasteiger partial charge in [0.2, 0.25) is 0 Å². The van der Waals surface area contributed by atoms with E-state index in [4.69, 9.17) is 15.2 Å². The highest BCUT2D eigenvalue weighted by atomic mass is 16.5. The Bertz CT molecular complexity index is 465. The summed E-state index contributed by atoms with van der Waals surface area (Å²) >= 11 is 0. The molecule has 1 saturated heterocycles. The molecule has 0 amide bonds. The van der Waals surface area contributed by atoms with Crippen molar-refractivity contribution in [3.05, 3.63) is 29.8 Å². The molecule has 1 aliphatic heterocycles. The van der Waals surface area contributed by atoms with Gasteiger partial charge in [0.05, 0.1) is 18.7 Å². The standard InChI is InChI=1S/C15H20N2O2/c1-17-9-10-18-14(11-17)12-19-15-7-3-2-5-13(15)6-4-8-16/h2-3,5,7,14H,8-12,16H2,1H3. The molecule has 0 aromatic heterocycles. The monoisotopic (exact) mass is 260 g/mol. The molecular weight excluding hydrogens is 240 g/mol. The van der Waals surface area contributed by atoms with Gasteiger partial charge in [-0.2, -0.15) is 0 Å². The highest BCUT2D eigenvalue weighted by Crippen LogP contribution is 2.17. The van der Waals surface area contributed by atoms with Gasteiger partial charge in [-0.05, 0) is 19.2 Å². The van der Waals surface area contributed by atoms with Crippen LogP contribution in [-0.4, -0.2) is 50.9 Å². The maximum Gasteiger partial charge on any atom is 0.135 e. The number of nitrogens with two attached hydrogens (primary N) is 1. The van der Waals surface area contributed by atoms with Crippen LogP contribution < -0.4 is 10.5 Å². The molecule has 19 heavy (non-hydrogen) atoms. The molecule has 1 aliphatic rings. The Labute approximate surface area is 114 Å². The Kier molecular flexibility index (Phi) is 5.22. The van der Waals surface area contributed by atoms with E-state index in [0.29, 0.717) is 13.2 Å². The molecule has 1 aromatic carbocycles. The normalized spacial score (nSPS) is 19.6. The van der Waals surface area contributed by atoms with Crippen LogP contribution in [0.3, 0.4) is 0 Å². The van der Waals surface area contributed by atoms with Gasteiger partial charge in [0.15, 0.2) is 0 Å². The van der Waals surface area contributed by atoms with Crippen LogP contribution in [-0.2, 0) is 4.74 Å². The zero-order valence-electron chi connectivity index (χ0n) is 11.3. The summed E-state index contributed by atoms with van der Waals surface area (Å²) in [6, 6.07) is 7.74. The van der Waals surface area contributed by atoms with Gasteiger partial charge in [0.1, 0.15) is 18.5 Å². The molecule has 0 saturated carbocycles.